The van der Waals surface area contributed by atoms with Gasteiger partial charge in [0.1, 0.15) is 0 Å². The normalized spacial score (nSPS) is 26.1. The second-order valence-electron chi connectivity index (χ2n) is 6.38. The van der Waals surface area contributed by atoms with Gasteiger partial charge in [0.05, 0.1) is 12.0 Å². The molecule has 20 heavy (non-hydrogen) atoms. The third-order valence-electron chi connectivity index (χ3n) is 4.74. The molecule has 2 rings (SSSR count). The number of carbonyl (C=O) groups is 2. The lowest BCUT2D eigenvalue weighted by atomic mass is 9.93. The number of hydrogen-bond acceptors (Lipinski definition) is 2. The molecular weight excluding hydrogens is 256 g/mol. The molecule has 2 aliphatic rings. The van der Waals surface area contributed by atoms with E-state index in [-0.39, 0.29) is 18.5 Å². The molecule has 2 fully saturated rings. The molecular formula is C15H26N2O3. The van der Waals surface area contributed by atoms with Crippen LogP contribution in [0.1, 0.15) is 64.7 Å². The van der Waals surface area contributed by atoms with Crippen molar-refractivity contribution < 1.29 is 14.7 Å². The fourth-order valence-corrected chi connectivity index (χ4v) is 3.56. The molecule has 1 unspecified atom stereocenters. The Morgan fingerprint density at radius 1 is 1.20 bits per heavy atom. The van der Waals surface area contributed by atoms with Gasteiger partial charge in [-0.2, -0.15) is 0 Å². The highest BCUT2D eigenvalue weighted by molar-refractivity contribution is 5.77. The summed E-state index contributed by atoms with van der Waals surface area (Å²) < 4.78 is 0. The largest absolute Gasteiger partial charge is 0.481 e. The molecule has 1 heterocycles. The summed E-state index contributed by atoms with van der Waals surface area (Å²) in [5.41, 5.74) is -0.519. The zero-order valence-electron chi connectivity index (χ0n) is 12.4. The Hall–Kier alpha value is -1.26. The molecule has 1 saturated carbocycles. The highest BCUT2D eigenvalue weighted by Gasteiger charge is 2.39. The maximum atomic E-state index is 12.5. The SMILES string of the molecule is CC1CCCCCN1C(=O)NC1(CC(=O)O)CCCC1. The monoisotopic (exact) mass is 282 g/mol. The fraction of sp³-hybridized carbons (Fsp3) is 0.867. The van der Waals surface area contributed by atoms with Crippen LogP contribution in [-0.4, -0.2) is 40.1 Å². The lowest BCUT2D eigenvalue weighted by Crippen LogP contribution is -2.54. The van der Waals surface area contributed by atoms with E-state index in [1.165, 1.54) is 12.8 Å². The van der Waals surface area contributed by atoms with E-state index in [9.17, 15) is 9.59 Å². The molecule has 1 aliphatic heterocycles. The van der Waals surface area contributed by atoms with Gasteiger partial charge in [0, 0.05) is 12.6 Å². The van der Waals surface area contributed by atoms with E-state index in [2.05, 4.69) is 12.2 Å². The second-order valence-corrected chi connectivity index (χ2v) is 6.38. The predicted octanol–water partition coefficient (Wildman–Crippen LogP) is 2.75. The zero-order valence-corrected chi connectivity index (χ0v) is 12.4. The summed E-state index contributed by atoms with van der Waals surface area (Å²) in [5, 5.41) is 12.2. The summed E-state index contributed by atoms with van der Waals surface area (Å²) in [6.07, 6.45) is 8.05. The third-order valence-corrected chi connectivity index (χ3v) is 4.74. The van der Waals surface area contributed by atoms with Crippen molar-refractivity contribution in [1.82, 2.24) is 10.2 Å². The number of nitrogens with one attached hydrogen (secondary N) is 1. The summed E-state index contributed by atoms with van der Waals surface area (Å²) >= 11 is 0. The number of carboxylic acids is 1. The molecule has 0 spiro atoms. The van der Waals surface area contributed by atoms with E-state index in [1.54, 1.807) is 0 Å². The first-order chi connectivity index (χ1) is 9.52. The van der Waals surface area contributed by atoms with E-state index in [4.69, 9.17) is 5.11 Å². The Morgan fingerprint density at radius 2 is 1.90 bits per heavy atom. The molecule has 2 amide bonds. The summed E-state index contributed by atoms with van der Waals surface area (Å²) in [7, 11) is 0. The van der Waals surface area contributed by atoms with E-state index < -0.39 is 11.5 Å². The average Bonchev–Trinajstić information content (AvgIpc) is 2.68. The van der Waals surface area contributed by atoms with Crippen molar-refractivity contribution in [2.24, 2.45) is 0 Å². The quantitative estimate of drug-likeness (QED) is 0.836. The van der Waals surface area contributed by atoms with Crippen LogP contribution in [0.15, 0.2) is 0 Å². The first-order valence-electron chi connectivity index (χ1n) is 7.83. The van der Waals surface area contributed by atoms with Crippen molar-refractivity contribution >= 4 is 12.0 Å². The van der Waals surface area contributed by atoms with Crippen LogP contribution >= 0.6 is 0 Å². The highest BCUT2D eigenvalue weighted by Crippen LogP contribution is 2.33. The molecule has 0 aromatic rings. The topological polar surface area (TPSA) is 69.6 Å². The minimum Gasteiger partial charge on any atom is -0.481 e. The van der Waals surface area contributed by atoms with E-state index in [0.29, 0.717) is 0 Å². The number of urea groups is 1. The molecule has 2 N–H and O–H groups in total. The van der Waals surface area contributed by atoms with Crippen molar-refractivity contribution in [1.29, 1.82) is 0 Å². The average molecular weight is 282 g/mol. The van der Waals surface area contributed by atoms with Crippen molar-refractivity contribution in [3.8, 4) is 0 Å². The Balaban J connectivity index is 2.02. The van der Waals surface area contributed by atoms with Gasteiger partial charge in [-0.25, -0.2) is 4.79 Å². The smallest absolute Gasteiger partial charge is 0.318 e. The van der Waals surface area contributed by atoms with Crippen molar-refractivity contribution in [2.75, 3.05) is 6.54 Å². The van der Waals surface area contributed by atoms with Gasteiger partial charge in [0.15, 0.2) is 0 Å². The molecule has 1 aliphatic carbocycles. The van der Waals surface area contributed by atoms with Gasteiger partial charge in [-0.05, 0) is 32.6 Å². The van der Waals surface area contributed by atoms with Crippen LogP contribution in [0, 0.1) is 0 Å². The van der Waals surface area contributed by atoms with Gasteiger partial charge >= 0.3 is 12.0 Å². The number of amides is 2. The number of carbonyl (C=O) groups excluding carboxylic acids is 1. The van der Waals surface area contributed by atoms with Crippen LogP contribution < -0.4 is 5.32 Å². The lowest BCUT2D eigenvalue weighted by Gasteiger charge is -2.34. The van der Waals surface area contributed by atoms with Gasteiger partial charge in [-0.1, -0.05) is 25.7 Å². The Labute approximate surface area is 120 Å². The van der Waals surface area contributed by atoms with Crippen molar-refractivity contribution in [2.45, 2.75) is 76.3 Å². The molecule has 0 bridgehead atoms. The van der Waals surface area contributed by atoms with Crippen molar-refractivity contribution in [3.05, 3.63) is 0 Å². The molecule has 0 aromatic carbocycles. The molecule has 5 nitrogen and oxygen atoms in total. The number of hydrogen-bond donors (Lipinski definition) is 2. The van der Waals surface area contributed by atoms with Gasteiger partial charge in [-0.15, -0.1) is 0 Å². The minimum absolute atomic E-state index is 0.0426. The molecule has 1 atom stereocenters. The standard InChI is InChI=1S/C15H26N2O3/c1-12-7-3-2-6-10-17(12)14(20)16-15(11-13(18)19)8-4-5-9-15/h12H,2-11H2,1H3,(H,16,20)(H,18,19). The molecule has 114 valence electrons. The first-order valence-corrected chi connectivity index (χ1v) is 7.83. The number of rotatable bonds is 3. The number of likely N-dealkylation sites (tertiary alicyclic amines) is 1. The summed E-state index contributed by atoms with van der Waals surface area (Å²) in [5.74, 6) is -0.823. The van der Waals surface area contributed by atoms with Crippen LogP contribution in [-0.2, 0) is 4.79 Å². The van der Waals surface area contributed by atoms with Crippen LogP contribution in [0.25, 0.3) is 0 Å². The third kappa shape index (κ3) is 3.64. The Kier molecular flexibility index (Phi) is 4.89. The summed E-state index contributed by atoms with van der Waals surface area (Å²) in [4.78, 5) is 25.5. The molecule has 1 saturated heterocycles. The van der Waals surface area contributed by atoms with Crippen LogP contribution in [0.3, 0.4) is 0 Å². The van der Waals surface area contributed by atoms with Gasteiger partial charge < -0.3 is 15.3 Å². The van der Waals surface area contributed by atoms with Gasteiger partial charge in [0.2, 0.25) is 0 Å². The first kappa shape index (κ1) is 15.1. The van der Waals surface area contributed by atoms with E-state index >= 15 is 0 Å². The maximum Gasteiger partial charge on any atom is 0.318 e. The second kappa shape index (κ2) is 6.46. The Bertz CT molecular complexity index is 364. The number of nitrogens with zero attached hydrogens (tertiary/aromatic N) is 1. The lowest BCUT2D eigenvalue weighted by molar-refractivity contribution is -0.138. The molecule has 5 heteroatoms. The van der Waals surface area contributed by atoms with Crippen LogP contribution in [0.4, 0.5) is 4.79 Å². The zero-order chi connectivity index (χ0) is 14.6. The van der Waals surface area contributed by atoms with Crippen LogP contribution in [0.5, 0.6) is 0 Å². The molecule has 0 aromatic heterocycles. The van der Waals surface area contributed by atoms with E-state index in [1.807, 2.05) is 4.90 Å². The molecule has 0 radical (unpaired) electrons. The number of carboxylic acid groups (broad SMARTS) is 1. The summed E-state index contributed by atoms with van der Waals surface area (Å²) in [6, 6.07) is 0.184. The minimum atomic E-state index is -0.823. The Morgan fingerprint density at radius 3 is 2.55 bits per heavy atom. The van der Waals surface area contributed by atoms with E-state index in [0.717, 1.165) is 45.1 Å². The maximum absolute atomic E-state index is 12.5. The predicted molar refractivity (Wildman–Crippen MR) is 76.6 cm³/mol. The fourth-order valence-electron chi connectivity index (χ4n) is 3.56. The van der Waals surface area contributed by atoms with Crippen molar-refractivity contribution in [3.63, 3.8) is 0 Å². The number of aliphatic carboxylic acids is 1. The van der Waals surface area contributed by atoms with Crippen LogP contribution in [0.2, 0.25) is 0 Å². The van der Waals surface area contributed by atoms with Gasteiger partial charge in [0.25, 0.3) is 0 Å². The van der Waals surface area contributed by atoms with Gasteiger partial charge in [-0.3, -0.25) is 4.79 Å². The summed E-state index contributed by atoms with van der Waals surface area (Å²) in [6.45, 7) is 2.87. The highest BCUT2D eigenvalue weighted by atomic mass is 16.4.